The fourth-order valence-electron chi connectivity index (χ4n) is 3.02. The van der Waals surface area contributed by atoms with Crippen molar-refractivity contribution in [3.05, 3.63) is 87.9 Å². The van der Waals surface area contributed by atoms with Crippen molar-refractivity contribution in [3.8, 4) is 0 Å². The number of aryl methyl sites for hydroxylation is 2. The van der Waals surface area contributed by atoms with Gasteiger partial charge in [-0.2, -0.15) is 0 Å². The second-order valence-electron chi connectivity index (χ2n) is 7.22. The summed E-state index contributed by atoms with van der Waals surface area (Å²) in [6.45, 7) is 3.82. The molecule has 0 bridgehead atoms. The molecule has 3 aromatic carbocycles. The number of hydrogen-bond donors (Lipinski definition) is 2. The zero-order chi connectivity index (χ0) is 22.8. The maximum Gasteiger partial charge on any atom is 0.255 e. The van der Waals surface area contributed by atoms with E-state index in [1.807, 2.05) is 26.0 Å². The number of sulfone groups is 1. The van der Waals surface area contributed by atoms with Gasteiger partial charge in [0.2, 0.25) is 0 Å². The number of anilines is 2. The lowest BCUT2D eigenvalue weighted by Gasteiger charge is -2.12. The maximum atomic E-state index is 12.5. The lowest BCUT2D eigenvalue weighted by atomic mass is 10.1. The fourth-order valence-corrected chi connectivity index (χ4v) is 3.92. The van der Waals surface area contributed by atoms with E-state index in [1.54, 1.807) is 18.2 Å². The Morgan fingerprint density at radius 3 is 2.26 bits per heavy atom. The van der Waals surface area contributed by atoms with Gasteiger partial charge < -0.3 is 10.6 Å². The van der Waals surface area contributed by atoms with Crippen LogP contribution in [0.3, 0.4) is 0 Å². The van der Waals surface area contributed by atoms with Crippen molar-refractivity contribution in [2.24, 2.45) is 0 Å². The summed E-state index contributed by atoms with van der Waals surface area (Å²) in [6.07, 6.45) is 1.08. The van der Waals surface area contributed by atoms with Crippen LogP contribution in [0, 0.1) is 13.8 Å². The molecule has 0 radical (unpaired) electrons. The maximum absolute atomic E-state index is 12.5. The second kappa shape index (κ2) is 8.91. The van der Waals surface area contributed by atoms with Gasteiger partial charge in [-0.05, 0) is 61.9 Å². The van der Waals surface area contributed by atoms with Crippen LogP contribution in [0.25, 0.3) is 0 Å². The number of benzene rings is 3. The minimum Gasteiger partial charge on any atom is -0.322 e. The Bertz CT molecular complexity index is 1290. The SMILES string of the molecule is Cc1ccc(C(=O)Nc2ccc(NC(=O)c3cccc(S(C)(=O)=O)c3)c(Cl)c2)c(C)c1. The molecule has 0 aliphatic heterocycles. The highest BCUT2D eigenvalue weighted by Crippen LogP contribution is 2.27. The molecule has 0 heterocycles. The molecule has 6 nitrogen and oxygen atoms in total. The first-order valence-corrected chi connectivity index (χ1v) is 11.6. The van der Waals surface area contributed by atoms with Gasteiger partial charge in [0.15, 0.2) is 9.84 Å². The van der Waals surface area contributed by atoms with Crippen LogP contribution in [0.15, 0.2) is 65.6 Å². The normalized spacial score (nSPS) is 11.1. The molecule has 0 saturated heterocycles. The lowest BCUT2D eigenvalue weighted by Crippen LogP contribution is -2.15. The largest absolute Gasteiger partial charge is 0.322 e. The standard InChI is InChI=1S/C23H21ClN2O4S/c1-14-7-9-19(15(2)11-14)23(28)25-17-8-10-21(20(24)13-17)26-22(27)16-5-4-6-18(12-16)31(3,29)30/h4-13H,1-3H3,(H,25,28)(H,26,27). The van der Waals surface area contributed by atoms with Gasteiger partial charge in [-0.15, -0.1) is 0 Å². The molecule has 31 heavy (non-hydrogen) atoms. The minimum atomic E-state index is -3.43. The predicted molar refractivity (Wildman–Crippen MR) is 123 cm³/mol. The Balaban J connectivity index is 1.75. The Labute approximate surface area is 186 Å². The average Bonchev–Trinajstić information content (AvgIpc) is 2.69. The topological polar surface area (TPSA) is 92.3 Å². The summed E-state index contributed by atoms with van der Waals surface area (Å²) in [5.41, 5.74) is 3.49. The number of hydrogen-bond acceptors (Lipinski definition) is 4. The Morgan fingerprint density at radius 2 is 1.61 bits per heavy atom. The van der Waals surface area contributed by atoms with E-state index in [0.717, 1.165) is 17.4 Å². The lowest BCUT2D eigenvalue weighted by molar-refractivity contribution is 0.101. The van der Waals surface area contributed by atoms with Crippen LogP contribution in [0.2, 0.25) is 5.02 Å². The molecule has 0 aromatic heterocycles. The first kappa shape index (κ1) is 22.5. The van der Waals surface area contributed by atoms with Gasteiger partial charge in [0.1, 0.15) is 0 Å². The third-order valence-corrected chi connectivity index (χ3v) is 6.05. The van der Waals surface area contributed by atoms with E-state index in [9.17, 15) is 18.0 Å². The first-order valence-electron chi connectivity index (χ1n) is 9.34. The fraction of sp³-hybridized carbons (Fsp3) is 0.130. The number of amides is 2. The van der Waals surface area contributed by atoms with Crippen molar-refractivity contribution in [1.82, 2.24) is 0 Å². The second-order valence-corrected chi connectivity index (χ2v) is 9.64. The smallest absolute Gasteiger partial charge is 0.255 e. The molecule has 0 unspecified atom stereocenters. The molecule has 0 aliphatic rings. The highest BCUT2D eigenvalue weighted by atomic mass is 35.5. The molecular formula is C23H21ClN2O4S. The van der Waals surface area contributed by atoms with Crippen molar-refractivity contribution in [2.45, 2.75) is 18.7 Å². The Morgan fingerprint density at radius 1 is 0.871 bits per heavy atom. The molecule has 3 rings (SSSR count). The summed E-state index contributed by atoms with van der Waals surface area (Å²) >= 11 is 6.28. The zero-order valence-corrected chi connectivity index (χ0v) is 18.8. The summed E-state index contributed by atoms with van der Waals surface area (Å²) in [7, 11) is -3.43. The van der Waals surface area contributed by atoms with E-state index in [0.29, 0.717) is 16.9 Å². The van der Waals surface area contributed by atoms with Crippen LogP contribution >= 0.6 is 11.6 Å². The third kappa shape index (κ3) is 5.51. The molecule has 8 heteroatoms. The van der Waals surface area contributed by atoms with Crippen LogP contribution in [-0.4, -0.2) is 26.5 Å². The van der Waals surface area contributed by atoms with Crippen molar-refractivity contribution in [1.29, 1.82) is 0 Å². The first-order chi connectivity index (χ1) is 14.5. The number of rotatable bonds is 5. The van der Waals surface area contributed by atoms with Crippen molar-refractivity contribution < 1.29 is 18.0 Å². The van der Waals surface area contributed by atoms with Crippen LogP contribution < -0.4 is 10.6 Å². The summed E-state index contributed by atoms with van der Waals surface area (Å²) in [6, 6.07) is 16.0. The van der Waals surface area contributed by atoms with Crippen LogP contribution in [0.1, 0.15) is 31.8 Å². The number of nitrogens with one attached hydrogen (secondary N) is 2. The van der Waals surface area contributed by atoms with E-state index in [4.69, 9.17) is 11.6 Å². The molecule has 2 amide bonds. The van der Waals surface area contributed by atoms with Gasteiger partial charge in [0.25, 0.3) is 11.8 Å². The van der Waals surface area contributed by atoms with Gasteiger partial charge in [0.05, 0.1) is 15.6 Å². The molecule has 160 valence electrons. The van der Waals surface area contributed by atoms with Crippen molar-refractivity contribution >= 4 is 44.6 Å². The predicted octanol–water partition coefficient (Wildman–Crippen LogP) is 4.86. The number of carbonyl (C=O) groups excluding carboxylic acids is 2. The van der Waals surface area contributed by atoms with Crippen LogP contribution in [-0.2, 0) is 9.84 Å². The van der Waals surface area contributed by atoms with E-state index in [-0.39, 0.29) is 21.4 Å². The monoisotopic (exact) mass is 456 g/mol. The molecule has 0 fully saturated rings. The third-order valence-electron chi connectivity index (χ3n) is 4.63. The van der Waals surface area contributed by atoms with Gasteiger partial charge >= 0.3 is 0 Å². The molecular weight excluding hydrogens is 436 g/mol. The highest BCUT2D eigenvalue weighted by Gasteiger charge is 2.14. The molecule has 2 N–H and O–H groups in total. The quantitative estimate of drug-likeness (QED) is 0.573. The summed E-state index contributed by atoms with van der Waals surface area (Å²) in [5, 5.41) is 5.67. The van der Waals surface area contributed by atoms with E-state index >= 15 is 0 Å². The van der Waals surface area contributed by atoms with E-state index < -0.39 is 15.7 Å². The molecule has 0 spiro atoms. The molecule has 3 aromatic rings. The van der Waals surface area contributed by atoms with Gasteiger partial charge in [-0.3, -0.25) is 9.59 Å². The average molecular weight is 457 g/mol. The van der Waals surface area contributed by atoms with E-state index in [1.165, 1.54) is 30.3 Å². The van der Waals surface area contributed by atoms with Gasteiger partial charge in [-0.1, -0.05) is 35.4 Å². The van der Waals surface area contributed by atoms with Crippen molar-refractivity contribution in [3.63, 3.8) is 0 Å². The zero-order valence-electron chi connectivity index (χ0n) is 17.2. The minimum absolute atomic E-state index is 0.0516. The summed E-state index contributed by atoms with van der Waals surface area (Å²) in [4.78, 5) is 25.1. The Kier molecular flexibility index (Phi) is 6.48. The van der Waals surface area contributed by atoms with Crippen LogP contribution in [0.4, 0.5) is 11.4 Å². The van der Waals surface area contributed by atoms with Gasteiger partial charge in [-0.25, -0.2) is 8.42 Å². The number of halogens is 1. The van der Waals surface area contributed by atoms with E-state index in [2.05, 4.69) is 10.6 Å². The summed E-state index contributed by atoms with van der Waals surface area (Å²) < 4.78 is 23.4. The molecule has 0 aliphatic carbocycles. The Hall–Kier alpha value is -3.16. The number of carbonyl (C=O) groups is 2. The van der Waals surface area contributed by atoms with Gasteiger partial charge in [0, 0.05) is 23.1 Å². The van der Waals surface area contributed by atoms with Crippen LogP contribution in [0.5, 0.6) is 0 Å². The summed E-state index contributed by atoms with van der Waals surface area (Å²) in [5.74, 6) is -0.762. The molecule has 0 atom stereocenters. The molecule has 0 saturated carbocycles. The highest BCUT2D eigenvalue weighted by molar-refractivity contribution is 7.90. The van der Waals surface area contributed by atoms with Crippen molar-refractivity contribution in [2.75, 3.05) is 16.9 Å².